The van der Waals surface area contributed by atoms with Gasteiger partial charge in [0.1, 0.15) is 5.39 Å². The molecule has 7 nitrogen and oxygen atoms in total. The minimum atomic E-state index is -0.410. The maximum Gasteiger partial charge on any atom is 0.264 e. The van der Waals surface area contributed by atoms with E-state index in [0.29, 0.717) is 5.65 Å². The minimum Gasteiger partial charge on any atom is -0.312 e. The SMILES string of the molecule is Cn1nc(N=O)c2c(=O)[nH]cnc21. The van der Waals surface area contributed by atoms with Crippen molar-refractivity contribution < 1.29 is 0 Å². The fourth-order valence-electron chi connectivity index (χ4n) is 1.14. The molecule has 0 radical (unpaired) electrons. The summed E-state index contributed by atoms with van der Waals surface area (Å²) in [4.78, 5) is 27.7. The van der Waals surface area contributed by atoms with Gasteiger partial charge in [-0.15, -0.1) is 10.0 Å². The van der Waals surface area contributed by atoms with E-state index in [9.17, 15) is 9.70 Å². The van der Waals surface area contributed by atoms with Crippen LogP contribution in [0.3, 0.4) is 0 Å². The predicted octanol–water partition coefficient (Wildman–Crippen LogP) is 0.0545. The van der Waals surface area contributed by atoms with Gasteiger partial charge < -0.3 is 4.98 Å². The van der Waals surface area contributed by atoms with Gasteiger partial charge in [0, 0.05) is 7.05 Å². The summed E-state index contributed by atoms with van der Waals surface area (Å²) >= 11 is 0. The van der Waals surface area contributed by atoms with Crippen LogP contribution in [0.15, 0.2) is 16.3 Å². The van der Waals surface area contributed by atoms with Crippen molar-refractivity contribution in [3.05, 3.63) is 21.6 Å². The number of H-pyrrole nitrogens is 1. The Hall–Kier alpha value is -2.05. The lowest BCUT2D eigenvalue weighted by Gasteiger charge is -1.88. The Morgan fingerprint density at radius 1 is 1.62 bits per heavy atom. The molecule has 0 aromatic carbocycles. The molecule has 2 rings (SSSR count). The Morgan fingerprint density at radius 3 is 3.08 bits per heavy atom. The van der Waals surface area contributed by atoms with Crippen molar-refractivity contribution >= 4 is 16.9 Å². The van der Waals surface area contributed by atoms with Crippen molar-refractivity contribution in [2.45, 2.75) is 0 Å². The molecule has 2 aromatic heterocycles. The average Bonchev–Trinajstić information content (AvgIpc) is 2.45. The molecule has 0 atom stereocenters. The Labute approximate surface area is 71.4 Å². The summed E-state index contributed by atoms with van der Waals surface area (Å²) in [7, 11) is 1.59. The largest absolute Gasteiger partial charge is 0.312 e. The topological polar surface area (TPSA) is 93.0 Å². The van der Waals surface area contributed by atoms with E-state index in [2.05, 4.69) is 20.2 Å². The van der Waals surface area contributed by atoms with Gasteiger partial charge in [0.15, 0.2) is 5.65 Å². The molecule has 0 aliphatic carbocycles. The molecule has 0 fully saturated rings. The van der Waals surface area contributed by atoms with Crippen LogP contribution >= 0.6 is 0 Å². The molecule has 0 unspecified atom stereocenters. The van der Waals surface area contributed by atoms with E-state index >= 15 is 0 Å². The van der Waals surface area contributed by atoms with Gasteiger partial charge in [0.2, 0.25) is 5.82 Å². The molecule has 0 saturated heterocycles. The standard InChI is InChI=1S/C6H5N5O2/c1-11-5-3(4(9-11)10-13)6(12)8-2-7-5/h2H,1H3,(H,7,8,12). The molecule has 0 spiro atoms. The number of aromatic nitrogens is 4. The van der Waals surface area contributed by atoms with E-state index in [1.807, 2.05) is 0 Å². The summed E-state index contributed by atoms with van der Waals surface area (Å²) in [5, 5.41) is 6.49. The first-order valence-electron chi connectivity index (χ1n) is 3.48. The van der Waals surface area contributed by atoms with Crippen LogP contribution in [0.5, 0.6) is 0 Å². The van der Waals surface area contributed by atoms with Gasteiger partial charge in [0.25, 0.3) is 5.56 Å². The van der Waals surface area contributed by atoms with Crippen molar-refractivity contribution in [1.82, 2.24) is 19.7 Å². The van der Waals surface area contributed by atoms with Gasteiger partial charge >= 0.3 is 0 Å². The zero-order valence-corrected chi connectivity index (χ0v) is 6.68. The molecular formula is C6H5N5O2. The number of hydrogen-bond acceptors (Lipinski definition) is 5. The molecule has 7 heteroatoms. The highest BCUT2D eigenvalue weighted by Crippen LogP contribution is 2.17. The van der Waals surface area contributed by atoms with Gasteiger partial charge in [0.05, 0.1) is 6.33 Å². The van der Waals surface area contributed by atoms with E-state index in [-0.39, 0.29) is 11.2 Å². The van der Waals surface area contributed by atoms with Crippen LogP contribution in [0.1, 0.15) is 0 Å². The fraction of sp³-hybridized carbons (Fsp3) is 0.167. The van der Waals surface area contributed by atoms with Crippen LogP contribution in [0, 0.1) is 4.91 Å². The number of hydrogen-bond donors (Lipinski definition) is 1. The first kappa shape index (κ1) is 7.59. The first-order valence-corrected chi connectivity index (χ1v) is 3.48. The van der Waals surface area contributed by atoms with Crippen molar-refractivity contribution in [3.63, 3.8) is 0 Å². The lowest BCUT2D eigenvalue weighted by Crippen LogP contribution is -2.05. The summed E-state index contributed by atoms with van der Waals surface area (Å²) in [6, 6.07) is 0. The molecule has 2 heterocycles. The van der Waals surface area contributed by atoms with Gasteiger partial charge in [-0.1, -0.05) is 0 Å². The van der Waals surface area contributed by atoms with Crippen LogP contribution in [0.25, 0.3) is 11.0 Å². The predicted molar refractivity (Wildman–Crippen MR) is 44.6 cm³/mol. The second kappa shape index (κ2) is 2.47. The third-order valence-electron chi connectivity index (χ3n) is 1.69. The zero-order valence-electron chi connectivity index (χ0n) is 6.68. The van der Waals surface area contributed by atoms with Gasteiger partial charge in [-0.25, -0.2) is 9.67 Å². The number of aromatic amines is 1. The normalized spacial score (nSPS) is 10.5. The highest BCUT2D eigenvalue weighted by molar-refractivity contribution is 5.84. The highest BCUT2D eigenvalue weighted by atomic mass is 16.3. The van der Waals surface area contributed by atoms with Gasteiger partial charge in [-0.05, 0) is 5.18 Å². The van der Waals surface area contributed by atoms with Crippen LogP contribution in [-0.2, 0) is 7.05 Å². The molecule has 0 saturated carbocycles. The lowest BCUT2D eigenvalue weighted by molar-refractivity contribution is 0.785. The van der Waals surface area contributed by atoms with Crippen LogP contribution in [0.4, 0.5) is 5.82 Å². The van der Waals surface area contributed by atoms with E-state index in [4.69, 9.17) is 0 Å². The third kappa shape index (κ3) is 0.934. The summed E-state index contributed by atoms with van der Waals surface area (Å²) in [5.41, 5.74) is -0.0638. The van der Waals surface area contributed by atoms with E-state index in [1.165, 1.54) is 11.0 Å². The minimum absolute atomic E-state index is 0.125. The molecular weight excluding hydrogens is 174 g/mol. The Balaban J connectivity index is 3.05. The summed E-state index contributed by atoms with van der Waals surface area (Å²) in [6.07, 6.45) is 1.25. The Bertz CT molecular complexity index is 525. The molecule has 66 valence electrons. The van der Waals surface area contributed by atoms with E-state index in [1.54, 1.807) is 7.05 Å². The second-order valence-electron chi connectivity index (χ2n) is 2.47. The fourth-order valence-corrected chi connectivity index (χ4v) is 1.14. The van der Waals surface area contributed by atoms with Crippen molar-refractivity contribution in [2.24, 2.45) is 12.2 Å². The van der Waals surface area contributed by atoms with E-state index in [0.717, 1.165) is 0 Å². The van der Waals surface area contributed by atoms with Crippen LogP contribution < -0.4 is 5.56 Å². The van der Waals surface area contributed by atoms with E-state index < -0.39 is 5.56 Å². The first-order chi connectivity index (χ1) is 6.24. The maximum atomic E-state index is 11.2. The van der Waals surface area contributed by atoms with Crippen LogP contribution in [0.2, 0.25) is 0 Å². The molecule has 0 amide bonds. The quantitative estimate of drug-likeness (QED) is 0.626. The van der Waals surface area contributed by atoms with Crippen LogP contribution in [-0.4, -0.2) is 19.7 Å². The Kier molecular flexibility index (Phi) is 1.44. The number of rotatable bonds is 1. The smallest absolute Gasteiger partial charge is 0.264 e. The number of aryl methyl sites for hydroxylation is 1. The van der Waals surface area contributed by atoms with Gasteiger partial charge in [-0.3, -0.25) is 4.79 Å². The molecule has 13 heavy (non-hydrogen) atoms. The number of nitroso groups, excluding NO2 is 1. The molecule has 1 N–H and O–H groups in total. The average molecular weight is 179 g/mol. The summed E-state index contributed by atoms with van der Waals surface area (Å²) < 4.78 is 1.33. The third-order valence-corrected chi connectivity index (χ3v) is 1.69. The Morgan fingerprint density at radius 2 is 2.38 bits per heavy atom. The maximum absolute atomic E-state index is 11.2. The molecule has 0 aliphatic heterocycles. The highest BCUT2D eigenvalue weighted by Gasteiger charge is 2.12. The summed E-state index contributed by atoms with van der Waals surface area (Å²) in [6.45, 7) is 0. The number of nitrogens with one attached hydrogen (secondary N) is 1. The summed E-state index contributed by atoms with van der Waals surface area (Å²) in [5.74, 6) is -0.133. The number of nitrogens with zero attached hydrogens (tertiary/aromatic N) is 4. The van der Waals surface area contributed by atoms with Crippen molar-refractivity contribution in [2.75, 3.05) is 0 Å². The lowest BCUT2D eigenvalue weighted by atomic mass is 10.4. The zero-order chi connectivity index (χ0) is 9.42. The van der Waals surface area contributed by atoms with Gasteiger partial charge in [-0.2, -0.15) is 0 Å². The van der Waals surface area contributed by atoms with Crippen molar-refractivity contribution in [3.8, 4) is 0 Å². The number of fused-ring (bicyclic) bond motifs is 1. The molecule has 2 aromatic rings. The van der Waals surface area contributed by atoms with Crippen molar-refractivity contribution in [1.29, 1.82) is 0 Å². The molecule has 0 bridgehead atoms. The monoisotopic (exact) mass is 179 g/mol. The second-order valence-corrected chi connectivity index (χ2v) is 2.47. The molecule has 0 aliphatic rings.